The highest BCUT2D eigenvalue weighted by atomic mass is 19.1. The summed E-state index contributed by atoms with van der Waals surface area (Å²) in [7, 11) is 0. The standard InChI is InChI=1S/C14H20FN/c1-3-13(4-2)16-14(9-10-14)11-5-7-12(15)8-6-11/h5-8,13,16H,3-4,9-10H2,1-2H3. The van der Waals surface area contributed by atoms with Gasteiger partial charge >= 0.3 is 0 Å². The molecule has 1 aliphatic carbocycles. The molecular weight excluding hydrogens is 201 g/mol. The fourth-order valence-electron chi connectivity index (χ4n) is 2.29. The second-order valence-electron chi connectivity index (χ2n) is 4.75. The summed E-state index contributed by atoms with van der Waals surface area (Å²) in [5, 5.41) is 3.72. The molecule has 0 unspecified atom stereocenters. The molecule has 1 fully saturated rings. The molecule has 16 heavy (non-hydrogen) atoms. The van der Waals surface area contributed by atoms with Crippen molar-refractivity contribution in [1.29, 1.82) is 0 Å². The second-order valence-corrected chi connectivity index (χ2v) is 4.75. The van der Waals surface area contributed by atoms with Gasteiger partial charge in [0.2, 0.25) is 0 Å². The van der Waals surface area contributed by atoms with Crippen LogP contribution < -0.4 is 5.32 Å². The fourth-order valence-corrected chi connectivity index (χ4v) is 2.29. The molecule has 1 aromatic carbocycles. The lowest BCUT2D eigenvalue weighted by atomic mass is 10.0. The van der Waals surface area contributed by atoms with Crippen LogP contribution in [0.15, 0.2) is 24.3 Å². The first-order valence-electron chi connectivity index (χ1n) is 6.24. The Morgan fingerprint density at radius 3 is 2.19 bits per heavy atom. The van der Waals surface area contributed by atoms with Crippen molar-refractivity contribution in [3.05, 3.63) is 35.6 Å². The summed E-state index contributed by atoms with van der Waals surface area (Å²) in [5.41, 5.74) is 1.38. The van der Waals surface area contributed by atoms with Crippen LogP contribution in [0, 0.1) is 5.82 Å². The molecule has 0 radical (unpaired) electrons. The number of hydrogen-bond donors (Lipinski definition) is 1. The molecule has 0 aromatic heterocycles. The molecule has 1 aromatic rings. The van der Waals surface area contributed by atoms with E-state index in [1.54, 1.807) is 12.1 Å². The predicted octanol–water partition coefficient (Wildman–Crippen LogP) is 3.59. The Hall–Kier alpha value is -0.890. The number of benzene rings is 1. The summed E-state index contributed by atoms with van der Waals surface area (Å²) in [5.74, 6) is -0.151. The fraction of sp³-hybridized carbons (Fsp3) is 0.571. The van der Waals surface area contributed by atoms with Crippen LogP contribution in [-0.2, 0) is 5.54 Å². The minimum Gasteiger partial charge on any atom is -0.305 e. The molecule has 0 aliphatic heterocycles. The highest BCUT2D eigenvalue weighted by molar-refractivity contribution is 5.30. The lowest BCUT2D eigenvalue weighted by Gasteiger charge is -2.24. The van der Waals surface area contributed by atoms with E-state index in [1.807, 2.05) is 12.1 Å². The van der Waals surface area contributed by atoms with E-state index in [1.165, 1.54) is 18.4 Å². The third-order valence-corrected chi connectivity index (χ3v) is 3.61. The molecule has 1 nitrogen and oxygen atoms in total. The smallest absolute Gasteiger partial charge is 0.123 e. The molecule has 88 valence electrons. The first-order valence-corrected chi connectivity index (χ1v) is 6.24. The maximum atomic E-state index is 12.9. The van der Waals surface area contributed by atoms with Crippen LogP contribution in [-0.4, -0.2) is 6.04 Å². The molecule has 0 spiro atoms. The SMILES string of the molecule is CCC(CC)NC1(c2ccc(F)cc2)CC1. The molecule has 2 heteroatoms. The molecule has 1 saturated carbocycles. The van der Waals surface area contributed by atoms with Gasteiger partial charge in [0, 0.05) is 11.6 Å². The molecule has 0 bridgehead atoms. The van der Waals surface area contributed by atoms with Crippen molar-refractivity contribution in [3.63, 3.8) is 0 Å². The van der Waals surface area contributed by atoms with Crippen molar-refractivity contribution in [2.45, 2.75) is 51.1 Å². The Morgan fingerprint density at radius 2 is 1.75 bits per heavy atom. The van der Waals surface area contributed by atoms with Gasteiger partial charge in [-0.05, 0) is 43.4 Å². The van der Waals surface area contributed by atoms with Gasteiger partial charge in [0.25, 0.3) is 0 Å². The zero-order valence-corrected chi connectivity index (χ0v) is 10.1. The predicted molar refractivity (Wildman–Crippen MR) is 64.8 cm³/mol. The summed E-state index contributed by atoms with van der Waals surface area (Å²) in [6.07, 6.45) is 4.66. The van der Waals surface area contributed by atoms with Crippen LogP contribution in [0.1, 0.15) is 45.1 Å². The summed E-state index contributed by atoms with van der Waals surface area (Å²) in [6.45, 7) is 4.42. The van der Waals surface area contributed by atoms with Gasteiger partial charge < -0.3 is 5.32 Å². The number of rotatable bonds is 5. The lowest BCUT2D eigenvalue weighted by molar-refractivity contribution is 0.399. The first-order chi connectivity index (χ1) is 7.70. The van der Waals surface area contributed by atoms with E-state index in [0.717, 1.165) is 12.8 Å². The average molecular weight is 221 g/mol. The average Bonchev–Trinajstić information content (AvgIpc) is 3.08. The van der Waals surface area contributed by atoms with E-state index in [9.17, 15) is 4.39 Å². The molecular formula is C14H20FN. The van der Waals surface area contributed by atoms with E-state index < -0.39 is 0 Å². The first kappa shape index (κ1) is 11.6. The third kappa shape index (κ3) is 2.27. The third-order valence-electron chi connectivity index (χ3n) is 3.61. The number of hydrogen-bond acceptors (Lipinski definition) is 1. The van der Waals surface area contributed by atoms with E-state index in [0.29, 0.717) is 6.04 Å². The van der Waals surface area contributed by atoms with Crippen molar-refractivity contribution >= 4 is 0 Å². The van der Waals surface area contributed by atoms with Gasteiger partial charge in [0.1, 0.15) is 5.82 Å². The van der Waals surface area contributed by atoms with E-state index in [4.69, 9.17) is 0 Å². The van der Waals surface area contributed by atoms with Crippen molar-refractivity contribution < 1.29 is 4.39 Å². The zero-order valence-electron chi connectivity index (χ0n) is 10.1. The lowest BCUT2D eigenvalue weighted by Crippen LogP contribution is -2.37. The Kier molecular flexibility index (Phi) is 3.29. The van der Waals surface area contributed by atoms with Gasteiger partial charge in [-0.15, -0.1) is 0 Å². The van der Waals surface area contributed by atoms with Crippen molar-refractivity contribution in [1.82, 2.24) is 5.32 Å². The Morgan fingerprint density at radius 1 is 1.19 bits per heavy atom. The largest absolute Gasteiger partial charge is 0.305 e. The zero-order chi connectivity index (χ0) is 11.6. The second kappa shape index (κ2) is 4.54. The van der Waals surface area contributed by atoms with Gasteiger partial charge in [-0.1, -0.05) is 26.0 Å². The molecule has 0 amide bonds. The minimum atomic E-state index is -0.151. The summed E-state index contributed by atoms with van der Waals surface area (Å²) in [4.78, 5) is 0. The Labute approximate surface area is 97.1 Å². The van der Waals surface area contributed by atoms with Gasteiger partial charge in [0.15, 0.2) is 0 Å². The molecule has 1 N–H and O–H groups in total. The van der Waals surface area contributed by atoms with Crippen LogP contribution in [0.4, 0.5) is 4.39 Å². The minimum absolute atomic E-state index is 0.143. The normalized spacial score (nSPS) is 17.8. The van der Waals surface area contributed by atoms with Crippen molar-refractivity contribution in [2.75, 3.05) is 0 Å². The van der Waals surface area contributed by atoms with Gasteiger partial charge in [-0.25, -0.2) is 4.39 Å². The molecule has 0 saturated heterocycles. The van der Waals surface area contributed by atoms with Gasteiger partial charge in [0.05, 0.1) is 0 Å². The molecule has 0 atom stereocenters. The maximum absolute atomic E-state index is 12.9. The van der Waals surface area contributed by atoms with Gasteiger partial charge in [-0.2, -0.15) is 0 Å². The summed E-state index contributed by atoms with van der Waals surface area (Å²) >= 11 is 0. The molecule has 2 rings (SSSR count). The number of nitrogens with one attached hydrogen (secondary N) is 1. The molecule has 1 aliphatic rings. The van der Waals surface area contributed by atoms with E-state index >= 15 is 0 Å². The van der Waals surface area contributed by atoms with E-state index in [-0.39, 0.29) is 11.4 Å². The van der Waals surface area contributed by atoms with Crippen LogP contribution in [0.5, 0.6) is 0 Å². The van der Waals surface area contributed by atoms with E-state index in [2.05, 4.69) is 19.2 Å². The topological polar surface area (TPSA) is 12.0 Å². The van der Waals surface area contributed by atoms with Crippen LogP contribution in [0.25, 0.3) is 0 Å². The van der Waals surface area contributed by atoms with Gasteiger partial charge in [-0.3, -0.25) is 0 Å². The summed E-state index contributed by atoms with van der Waals surface area (Å²) < 4.78 is 12.9. The monoisotopic (exact) mass is 221 g/mol. The van der Waals surface area contributed by atoms with Crippen molar-refractivity contribution in [3.8, 4) is 0 Å². The van der Waals surface area contributed by atoms with Crippen molar-refractivity contribution in [2.24, 2.45) is 0 Å². The quantitative estimate of drug-likeness (QED) is 0.801. The van der Waals surface area contributed by atoms with Crippen LogP contribution in [0.3, 0.4) is 0 Å². The highest BCUT2D eigenvalue weighted by Gasteiger charge is 2.44. The van der Waals surface area contributed by atoms with Crippen LogP contribution in [0.2, 0.25) is 0 Å². The Balaban J connectivity index is 2.10. The number of halogens is 1. The van der Waals surface area contributed by atoms with Crippen LogP contribution >= 0.6 is 0 Å². The summed E-state index contributed by atoms with van der Waals surface area (Å²) in [6, 6.07) is 7.52. The molecule has 0 heterocycles. The Bertz CT molecular complexity index is 336. The highest BCUT2D eigenvalue weighted by Crippen LogP contribution is 2.46. The maximum Gasteiger partial charge on any atom is 0.123 e.